The van der Waals surface area contributed by atoms with Crippen LogP contribution in [0.4, 0.5) is 10.1 Å². The van der Waals surface area contributed by atoms with Gasteiger partial charge in [0.25, 0.3) is 0 Å². The van der Waals surface area contributed by atoms with E-state index >= 15 is 0 Å². The first-order chi connectivity index (χ1) is 19.8. The van der Waals surface area contributed by atoms with Crippen LogP contribution in [0.15, 0.2) is 53.1 Å². The van der Waals surface area contributed by atoms with Gasteiger partial charge in [-0.15, -0.1) is 0 Å². The molecule has 7 saturated carbocycles. The number of benzene rings is 2. The lowest BCUT2D eigenvalue weighted by Crippen LogP contribution is -2.65. The molecule has 3 aromatic rings. The van der Waals surface area contributed by atoms with Crippen molar-refractivity contribution >= 4 is 11.6 Å². The van der Waals surface area contributed by atoms with Crippen LogP contribution in [0.5, 0.6) is 0 Å². The standard InChI is InChI=1S/C35H40FN3O2/c1-2-24-6-8-25(9-7-24)27-4-3-5-28(18-27)39(29(40)19-33-20-35(36,21-33)22-33)23-32-12-15-34(16-13-32,17-14-32)31-37-30(38-41-31)26-10-11-26/h3-9,18,26H,2,10-17,19-23H2,1H3. The average molecular weight is 554 g/mol. The second-order valence-corrected chi connectivity index (χ2v) is 14.5. The molecule has 1 amide bonds. The van der Waals surface area contributed by atoms with E-state index in [0.717, 1.165) is 74.5 Å². The highest BCUT2D eigenvalue weighted by molar-refractivity contribution is 5.95. The molecule has 0 saturated heterocycles. The number of aryl methyl sites for hydroxylation is 1. The van der Waals surface area contributed by atoms with E-state index in [4.69, 9.17) is 9.51 Å². The summed E-state index contributed by atoms with van der Waals surface area (Å²) < 4.78 is 20.2. The third kappa shape index (κ3) is 4.35. The van der Waals surface area contributed by atoms with Gasteiger partial charge in [0.15, 0.2) is 5.82 Å². The Kier molecular flexibility index (Phi) is 5.63. The zero-order valence-corrected chi connectivity index (χ0v) is 24.1. The minimum atomic E-state index is -0.988. The quantitative estimate of drug-likeness (QED) is 0.269. The second-order valence-electron chi connectivity index (χ2n) is 14.5. The van der Waals surface area contributed by atoms with Gasteiger partial charge in [0, 0.05) is 30.0 Å². The summed E-state index contributed by atoms with van der Waals surface area (Å²) in [5.41, 5.74) is 3.58. The Labute approximate surface area is 241 Å². The van der Waals surface area contributed by atoms with Crippen LogP contribution in [0.2, 0.25) is 0 Å². The van der Waals surface area contributed by atoms with Crippen molar-refractivity contribution < 1.29 is 13.7 Å². The average Bonchev–Trinajstić information content (AvgIpc) is 3.71. The number of hydrogen-bond acceptors (Lipinski definition) is 4. The highest BCUT2D eigenvalue weighted by atomic mass is 19.1. The highest BCUT2D eigenvalue weighted by Crippen LogP contribution is 2.71. The number of fused-ring (bicyclic) bond motifs is 3. The molecule has 214 valence electrons. The van der Waals surface area contributed by atoms with E-state index in [9.17, 15) is 9.18 Å². The molecule has 7 fully saturated rings. The molecule has 4 bridgehead atoms. The number of carbonyl (C=O) groups is 1. The summed E-state index contributed by atoms with van der Waals surface area (Å²) in [4.78, 5) is 21.0. The maximum Gasteiger partial charge on any atom is 0.232 e. The van der Waals surface area contributed by atoms with Gasteiger partial charge in [-0.2, -0.15) is 4.98 Å². The highest BCUT2D eigenvalue weighted by Gasteiger charge is 2.69. The lowest BCUT2D eigenvalue weighted by molar-refractivity contribution is -0.215. The maximum absolute atomic E-state index is 14.4. The zero-order valence-electron chi connectivity index (χ0n) is 24.1. The van der Waals surface area contributed by atoms with Crippen LogP contribution in [-0.2, 0) is 16.6 Å². The number of halogens is 1. The van der Waals surface area contributed by atoms with Gasteiger partial charge in [0.05, 0.1) is 0 Å². The Morgan fingerprint density at radius 3 is 2.29 bits per heavy atom. The van der Waals surface area contributed by atoms with Crippen molar-refractivity contribution in [3.05, 3.63) is 65.8 Å². The predicted molar refractivity (Wildman–Crippen MR) is 156 cm³/mol. The van der Waals surface area contributed by atoms with Crippen LogP contribution in [0, 0.1) is 10.8 Å². The Hall–Kier alpha value is -3.02. The minimum absolute atomic E-state index is 0.00256. The first-order valence-corrected chi connectivity index (χ1v) is 15.8. The number of anilines is 1. The number of aromatic nitrogens is 2. The Balaban J connectivity index is 1.05. The summed E-state index contributed by atoms with van der Waals surface area (Å²) in [7, 11) is 0. The van der Waals surface area contributed by atoms with Crippen LogP contribution >= 0.6 is 0 Å². The van der Waals surface area contributed by atoms with E-state index in [1.54, 1.807) is 0 Å². The Bertz CT molecular complexity index is 1440. The fraction of sp³-hybridized carbons (Fsp3) is 0.571. The molecule has 0 spiro atoms. The topological polar surface area (TPSA) is 59.2 Å². The van der Waals surface area contributed by atoms with Crippen molar-refractivity contribution in [1.29, 1.82) is 0 Å². The van der Waals surface area contributed by atoms with E-state index in [2.05, 4.69) is 65.5 Å². The summed E-state index contributed by atoms with van der Waals surface area (Å²) in [6.45, 7) is 2.90. The van der Waals surface area contributed by atoms with E-state index in [1.165, 1.54) is 24.0 Å². The summed E-state index contributed by atoms with van der Waals surface area (Å²) in [6, 6.07) is 17.2. The van der Waals surface area contributed by atoms with Crippen molar-refractivity contribution in [3.63, 3.8) is 0 Å². The van der Waals surface area contributed by atoms with Gasteiger partial charge < -0.3 is 9.42 Å². The van der Waals surface area contributed by atoms with Crippen LogP contribution in [0.3, 0.4) is 0 Å². The number of alkyl halides is 1. The fourth-order valence-electron chi connectivity index (χ4n) is 8.69. The number of rotatable bonds is 9. The zero-order chi connectivity index (χ0) is 27.9. The molecule has 0 unspecified atom stereocenters. The smallest absolute Gasteiger partial charge is 0.232 e. The van der Waals surface area contributed by atoms with Gasteiger partial charge >= 0.3 is 0 Å². The van der Waals surface area contributed by atoms with Crippen LogP contribution in [0.1, 0.15) is 107 Å². The van der Waals surface area contributed by atoms with Crippen LogP contribution in [0.25, 0.3) is 11.1 Å². The molecule has 5 nitrogen and oxygen atoms in total. The monoisotopic (exact) mass is 553 g/mol. The van der Waals surface area contributed by atoms with Gasteiger partial charge in [-0.3, -0.25) is 4.79 Å². The third-order valence-electron chi connectivity index (χ3n) is 11.5. The molecule has 0 atom stereocenters. The van der Waals surface area contributed by atoms with Gasteiger partial charge in [-0.25, -0.2) is 4.39 Å². The van der Waals surface area contributed by atoms with Crippen molar-refractivity contribution in [2.75, 3.05) is 11.4 Å². The van der Waals surface area contributed by atoms with Crippen LogP contribution < -0.4 is 4.90 Å². The van der Waals surface area contributed by atoms with Crippen molar-refractivity contribution in [2.45, 2.75) is 107 Å². The predicted octanol–water partition coefficient (Wildman–Crippen LogP) is 8.08. The van der Waals surface area contributed by atoms with Gasteiger partial charge in [0.2, 0.25) is 11.8 Å². The number of amides is 1. The molecule has 2 aromatic carbocycles. The molecule has 7 aliphatic carbocycles. The van der Waals surface area contributed by atoms with Gasteiger partial charge in [0.1, 0.15) is 5.67 Å². The van der Waals surface area contributed by atoms with E-state index in [1.807, 2.05) is 0 Å². The van der Waals surface area contributed by atoms with Gasteiger partial charge in [-0.1, -0.05) is 48.5 Å². The second kappa shape index (κ2) is 8.99. The van der Waals surface area contributed by atoms with E-state index in [0.29, 0.717) is 31.6 Å². The maximum atomic E-state index is 14.4. The molecular weight excluding hydrogens is 513 g/mol. The third-order valence-corrected chi connectivity index (χ3v) is 11.5. The molecule has 0 aliphatic heterocycles. The fourth-order valence-corrected chi connectivity index (χ4v) is 8.69. The molecule has 0 radical (unpaired) electrons. The Morgan fingerprint density at radius 2 is 1.66 bits per heavy atom. The lowest BCUT2D eigenvalue weighted by Gasteiger charge is -2.66. The summed E-state index contributed by atoms with van der Waals surface area (Å²) in [6.07, 6.45) is 11.8. The van der Waals surface area contributed by atoms with E-state index in [-0.39, 0.29) is 22.2 Å². The normalized spacial score (nSPS) is 33.2. The summed E-state index contributed by atoms with van der Waals surface area (Å²) in [5.74, 6) is 2.42. The molecule has 1 aromatic heterocycles. The Morgan fingerprint density at radius 1 is 0.951 bits per heavy atom. The molecule has 10 rings (SSSR count). The number of hydrogen-bond donors (Lipinski definition) is 0. The largest absolute Gasteiger partial charge is 0.339 e. The van der Waals surface area contributed by atoms with E-state index < -0.39 is 5.67 Å². The van der Waals surface area contributed by atoms with Crippen molar-refractivity contribution in [2.24, 2.45) is 10.8 Å². The first-order valence-electron chi connectivity index (χ1n) is 15.8. The lowest BCUT2D eigenvalue weighted by atomic mass is 9.41. The molecule has 41 heavy (non-hydrogen) atoms. The summed E-state index contributed by atoms with van der Waals surface area (Å²) in [5, 5.41) is 4.33. The minimum Gasteiger partial charge on any atom is -0.339 e. The SMILES string of the molecule is CCc1ccc(-c2cccc(N(CC34CCC(c5nc(C6CC6)no5)(CC3)CC4)C(=O)CC34CC(F)(C3)C4)c2)cc1. The van der Waals surface area contributed by atoms with Crippen LogP contribution in [-0.4, -0.2) is 28.3 Å². The first kappa shape index (κ1) is 25.7. The molecule has 1 heterocycles. The summed E-state index contributed by atoms with van der Waals surface area (Å²) >= 11 is 0. The number of carbonyl (C=O) groups excluding carboxylic acids is 1. The molecule has 0 N–H and O–H groups in total. The molecule has 7 aliphatic rings. The van der Waals surface area contributed by atoms with Crippen molar-refractivity contribution in [3.8, 4) is 11.1 Å². The van der Waals surface area contributed by atoms with Crippen molar-refractivity contribution in [1.82, 2.24) is 10.1 Å². The number of nitrogens with zero attached hydrogens (tertiary/aromatic N) is 3. The van der Waals surface area contributed by atoms with Gasteiger partial charge in [-0.05, 0) is 117 Å². The molecule has 6 heteroatoms. The molecular formula is C35H40FN3O2.